The third-order valence-electron chi connectivity index (χ3n) is 3.84. The predicted molar refractivity (Wildman–Crippen MR) is 82.1 cm³/mol. The number of nitrogens with zero attached hydrogens (tertiary/aromatic N) is 1. The van der Waals surface area contributed by atoms with E-state index in [0.717, 1.165) is 31.7 Å². The first-order valence-corrected chi connectivity index (χ1v) is 7.77. The average Bonchev–Trinajstić information content (AvgIpc) is 2.46. The fourth-order valence-electron chi connectivity index (χ4n) is 2.63. The van der Waals surface area contributed by atoms with E-state index in [-0.39, 0.29) is 0 Å². The van der Waals surface area contributed by atoms with Crippen LogP contribution in [-0.2, 0) is 4.74 Å². The Labute approximate surface area is 126 Å². The van der Waals surface area contributed by atoms with Crippen LogP contribution in [0.3, 0.4) is 0 Å². The molecular formula is C16H24ClNO2. The van der Waals surface area contributed by atoms with Crippen molar-refractivity contribution in [1.82, 2.24) is 4.90 Å². The van der Waals surface area contributed by atoms with Gasteiger partial charge in [0, 0.05) is 24.7 Å². The monoisotopic (exact) mass is 297 g/mol. The Bertz CT molecular complexity index is 407. The van der Waals surface area contributed by atoms with Gasteiger partial charge in [0.15, 0.2) is 0 Å². The number of aliphatic hydroxyl groups excluding tert-OH is 1. The zero-order chi connectivity index (χ0) is 14.4. The Hall–Kier alpha value is -0.610. The van der Waals surface area contributed by atoms with Crippen LogP contribution in [0.5, 0.6) is 0 Å². The zero-order valence-corrected chi connectivity index (χ0v) is 12.9. The Morgan fingerprint density at radius 2 is 2.20 bits per heavy atom. The van der Waals surface area contributed by atoms with Crippen molar-refractivity contribution in [2.45, 2.75) is 37.9 Å². The summed E-state index contributed by atoms with van der Waals surface area (Å²) in [5.74, 6) is 0. The molecular weight excluding hydrogens is 274 g/mol. The molecule has 4 heteroatoms. The summed E-state index contributed by atoms with van der Waals surface area (Å²) in [7, 11) is 2.08. The first-order chi connectivity index (χ1) is 9.66. The SMILES string of the molecule is CN(CCC(O)c1ccccc1Cl)CC1CCCCO1. The maximum Gasteiger partial charge on any atom is 0.0816 e. The van der Waals surface area contributed by atoms with Crippen molar-refractivity contribution in [3.63, 3.8) is 0 Å². The van der Waals surface area contributed by atoms with Gasteiger partial charge in [-0.2, -0.15) is 0 Å². The van der Waals surface area contributed by atoms with Crippen molar-refractivity contribution >= 4 is 11.6 Å². The van der Waals surface area contributed by atoms with Crippen molar-refractivity contribution in [1.29, 1.82) is 0 Å². The number of ether oxygens (including phenoxy) is 1. The smallest absolute Gasteiger partial charge is 0.0816 e. The number of hydrogen-bond acceptors (Lipinski definition) is 3. The van der Waals surface area contributed by atoms with Gasteiger partial charge in [-0.05, 0) is 44.4 Å². The van der Waals surface area contributed by atoms with E-state index in [2.05, 4.69) is 11.9 Å². The van der Waals surface area contributed by atoms with Gasteiger partial charge in [-0.15, -0.1) is 0 Å². The molecule has 2 unspecified atom stereocenters. The summed E-state index contributed by atoms with van der Waals surface area (Å²) < 4.78 is 5.73. The molecule has 0 radical (unpaired) electrons. The molecule has 1 aliphatic rings. The van der Waals surface area contributed by atoms with E-state index in [4.69, 9.17) is 16.3 Å². The van der Waals surface area contributed by atoms with Gasteiger partial charge >= 0.3 is 0 Å². The molecule has 2 rings (SSSR count). The van der Waals surface area contributed by atoms with Crippen molar-refractivity contribution in [3.8, 4) is 0 Å². The Morgan fingerprint density at radius 1 is 1.40 bits per heavy atom. The molecule has 0 spiro atoms. The summed E-state index contributed by atoms with van der Waals surface area (Å²) in [5, 5.41) is 10.9. The minimum Gasteiger partial charge on any atom is -0.388 e. The third-order valence-corrected chi connectivity index (χ3v) is 4.18. The fraction of sp³-hybridized carbons (Fsp3) is 0.625. The molecule has 0 aliphatic carbocycles. The standard InChI is InChI=1S/C16H24ClNO2/c1-18(12-13-6-4-5-11-20-13)10-9-16(19)14-7-2-3-8-15(14)17/h2-3,7-8,13,16,19H,4-6,9-12H2,1H3. The third kappa shape index (κ3) is 4.74. The van der Waals surface area contributed by atoms with Gasteiger partial charge in [-0.25, -0.2) is 0 Å². The second-order valence-electron chi connectivity index (χ2n) is 5.58. The van der Waals surface area contributed by atoms with E-state index < -0.39 is 6.10 Å². The van der Waals surface area contributed by atoms with Crippen LogP contribution in [0.2, 0.25) is 5.02 Å². The molecule has 1 fully saturated rings. The van der Waals surface area contributed by atoms with Crippen LogP contribution in [0.4, 0.5) is 0 Å². The lowest BCUT2D eigenvalue weighted by molar-refractivity contribution is -0.00327. The number of benzene rings is 1. The number of likely N-dealkylation sites (N-methyl/N-ethyl adjacent to an activating group) is 1. The molecule has 1 N–H and O–H groups in total. The minimum absolute atomic E-state index is 0.353. The van der Waals surface area contributed by atoms with Crippen molar-refractivity contribution in [2.75, 3.05) is 26.7 Å². The van der Waals surface area contributed by atoms with Crippen LogP contribution in [0.15, 0.2) is 24.3 Å². The number of halogens is 1. The molecule has 1 aliphatic heterocycles. The molecule has 1 saturated heterocycles. The van der Waals surface area contributed by atoms with Crippen LogP contribution < -0.4 is 0 Å². The van der Waals surface area contributed by atoms with Crippen LogP contribution >= 0.6 is 11.6 Å². The molecule has 1 aromatic rings. The van der Waals surface area contributed by atoms with E-state index >= 15 is 0 Å². The molecule has 0 amide bonds. The highest BCUT2D eigenvalue weighted by Gasteiger charge is 2.17. The summed E-state index contributed by atoms with van der Waals surface area (Å²) in [4.78, 5) is 2.23. The summed E-state index contributed by atoms with van der Waals surface area (Å²) in [6.07, 6.45) is 4.14. The Kier molecular flexibility index (Phi) is 6.30. The molecule has 20 heavy (non-hydrogen) atoms. The van der Waals surface area contributed by atoms with Crippen molar-refractivity contribution in [3.05, 3.63) is 34.9 Å². The quantitative estimate of drug-likeness (QED) is 0.875. The molecule has 0 bridgehead atoms. The van der Waals surface area contributed by atoms with Gasteiger partial charge < -0.3 is 14.7 Å². The van der Waals surface area contributed by atoms with E-state index in [1.807, 2.05) is 24.3 Å². The number of rotatable bonds is 6. The van der Waals surface area contributed by atoms with Gasteiger partial charge in [0.05, 0.1) is 12.2 Å². The topological polar surface area (TPSA) is 32.7 Å². The summed E-state index contributed by atoms with van der Waals surface area (Å²) >= 11 is 6.10. The maximum absolute atomic E-state index is 10.2. The van der Waals surface area contributed by atoms with Crippen LogP contribution in [0.1, 0.15) is 37.4 Å². The lowest BCUT2D eigenvalue weighted by Crippen LogP contribution is -2.34. The molecule has 1 heterocycles. The van der Waals surface area contributed by atoms with Crippen LogP contribution in [0.25, 0.3) is 0 Å². The van der Waals surface area contributed by atoms with Gasteiger partial charge in [-0.1, -0.05) is 29.8 Å². The van der Waals surface area contributed by atoms with Crippen LogP contribution in [-0.4, -0.2) is 42.9 Å². The van der Waals surface area contributed by atoms with Crippen molar-refractivity contribution in [2.24, 2.45) is 0 Å². The molecule has 3 nitrogen and oxygen atoms in total. The minimum atomic E-state index is -0.501. The summed E-state index contributed by atoms with van der Waals surface area (Å²) in [6, 6.07) is 7.49. The van der Waals surface area contributed by atoms with Gasteiger partial charge in [0.2, 0.25) is 0 Å². The average molecular weight is 298 g/mol. The first kappa shape index (κ1) is 15.8. The molecule has 0 aromatic heterocycles. The lowest BCUT2D eigenvalue weighted by atomic mass is 10.1. The van der Waals surface area contributed by atoms with Crippen molar-refractivity contribution < 1.29 is 9.84 Å². The van der Waals surface area contributed by atoms with Gasteiger partial charge in [0.1, 0.15) is 0 Å². The number of hydrogen-bond donors (Lipinski definition) is 1. The molecule has 2 atom stereocenters. The van der Waals surface area contributed by atoms with Gasteiger partial charge in [-0.3, -0.25) is 0 Å². The highest BCUT2D eigenvalue weighted by atomic mass is 35.5. The van der Waals surface area contributed by atoms with E-state index in [1.165, 1.54) is 12.8 Å². The zero-order valence-electron chi connectivity index (χ0n) is 12.1. The highest BCUT2D eigenvalue weighted by molar-refractivity contribution is 6.31. The second-order valence-corrected chi connectivity index (χ2v) is 5.98. The van der Waals surface area contributed by atoms with Crippen LogP contribution in [0, 0.1) is 0 Å². The lowest BCUT2D eigenvalue weighted by Gasteiger charge is -2.28. The highest BCUT2D eigenvalue weighted by Crippen LogP contribution is 2.25. The Morgan fingerprint density at radius 3 is 2.90 bits per heavy atom. The van der Waals surface area contributed by atoms with E-state index in [1.54, 1.807) is 0 Å². The van der Waals surface area contributed by atoms with E-state index in [9.17, 15) is 5.11 Å². The largest absolute Gasteiger partial charge is 0.388 e. The fourth-order valence-corrected chi connectivity index (χ4v) is 2.90. The molecule has 1 aromatic carbocycles. The Balaban J connectivity index is 1.75. The summed E-state index contributed by atoms with van der Waals surface area (Å²) in [6.45, 7) is 2.67. The first-order valence-electron chi connectivity index (χ1n) is 7.39. The normalized spacial score (nSPS) is 21.1. The maximum atomic E-state index is 10.2. The summed E-state index contributed by atoms with van der Waals surface area (Å²) in [5.41, 5.74) is 0.816. The molecule has 0 saturated carbocycles. The van der Waals surface area contributed by atoms with Gasteiger partial charge in [0.25, 0.3) is 0 Å². The van der Waals surface area contributed by atoms with E-state index in [0.29, 0.717) is 17.5 Å². The second kappa shape index (κ2) is 7.99. The predicted octanol–water partition coefficient (Wildman–Crippen LogP) is 3.26. The molecule has 112 valence electrons. The number of aliphatic hydroxyl groups is 1.